The van der Waals surface area contributed by atoms with Crippen LogP contribution in [0.4, 0.5) is 0 Å². The van der Waals surface area contributed by atoms with Crippen molar-refractivity contribution in [1.29, 1.82) is 0 Å². The Morgan fingerprint density at radius 1 is 1.25 bits per heavy atom. The van der Waals surface area contributed by atoms with Crippen molar-refractivity contribution in [3.63, 3.8) is 0 Å². The van der Waals surface area contributed by atoms with Crippen LogP contribution >= 0.6 is 0 Å². The van der Waals surface area contributed by atoms with Gasteiger partial charge in [-0.15, -0.1) is 0 Å². The monoisotopic (exact) mass is 173 g/mol. The number of ether oxygens (including phenoxy) is 2. The van der Waals surface area contributed by atoms with Crippen molar-refractivity contribution < 1.29 is 9.47 Å². The van der Waals surface area contributed by atoms with Gasteiger partial charge in [0.25, 0.3) is 0 Å². The standard InChI is InChI=1S/C9H19NO2/c1-4-7-8(5-10)12-9(11-7)6(2)3/h6-9H,4-5,10H2,1-3H3/t7-,8-,9?/m1/s1. The predicted molar refractivity (Wildman–Crippen MR) is 47.7 cm³/mol. The minimum Gasteiger partial charge on any atom is -0.346 e. The van der Waals surface area contributed by atoms with E-state index in [0.29, 0.717) is 12.5 Å². The summed E-state index contributed by atoms with van der Waals surface area (Å²) in [5.41, 5.74) is 5.56. The lowest BCUT2D eigenvalue weighted by molar-refractivity contribution is -0.0945. The smallest absolute Gasteiger partial charge is 0.160 e. The third kappa shape index (κ3) is 1.97. The molecule has 2 N–H and O–H groups in total. The molecule has 72 valence electrons. The molecule has 12 heavy (non-hydrogen) atoms. The Labute approximate surface area is 74.2 Å². The van der Waals surface area contributed by atoms with E-state index >= 15 is 0 Å². The lowest BCUT2D eigenvalue weighted by atomic mass is 10.1. The molecular weight excluding hydrogens is 154 g/mol. The van der Waals surface area contributed by atoms with Crippen LogP contribution in [0.25, 0.3) is 0 Å². The number of hydrogen-bond acceptors (Lipinski definition) is 3. The molecule has 1 unspecified atom stereocenters. The van der Waals surface area contributed by atoms with Gasteiger partial charge in [0.05, 0.1) is 12.2 Å². The van der Waals surface area contributed by atoms with E-state index in [0.717, 1.165) is 6.42 Å². The first-order chi connectivity index (χ1) is 5.69. The molecule has 1 rings (SSSR count). The zero-order valence-corrected chi connectivity index (χ0v) is 8.12. The summed E-state index contributed by atoms with van der Waals surface area (Å²) in [6.07, 6.45) is 1.22. The van der Waals surface area contributed by atoms with Gasteiger partial charge in [0.15, 0.2) is 6.29 Å². The highest BCUT2D eigenvalue weighted by Crippen LogP contribution is 2.25. The van der Waals surface area contributed by atoms with E-state index in [-0.39, 0.29) is 18.5 Å². The fourth-order valence-electron chi connectivity index (χ4n) is 1.43. The predicted octanol–water partition coefficient (Wildman–Crippen LogP) is 1.12. The maximum absolute atomic E-state index is 5.67. The first-order valence-corrected chi connectivity index (χ1v) is 4.70. The van der Waals surface area contributed by atoms with Gasteiger partial charge < -0.3 is 15.2 Å². The molecule has 0 amide bonds. The molecule has 0 spiro atoms. The molecule has 1 fully saturated rings. The van der Waals surface area contributed by atoms with Crippen molar-refractivity contribution in [2.75, 3.05) is 6.54 Å². The van der Waals surface area contributed by atoms with E-state index in [9.17, 15) is 0 Å². The average molecular weight is 173 g/mol. The quantitative estimate of drug-likeness (QED) is 0.695. The van der Waals surface area contributed by atoms with Crippen LogP contribution in [0.5, 0.6) is 0 Å². The molecule has 0 radical (unpaired) electrons. The van der Waals surface area contributed by atoms with Crippen molar-refractivity contribution in [2.24, 2.45) is 11.7 Å². The maximum Gasteiger partial charge on any atom is 0.160 e. The van der Waals surface area contributed by atoms with Crippen LogP contribution in [-0.4, -0.2) is 25.0 Å². The summed E-state index contributed by atoms with van der Waals surface area (Å²) in [7, 11) is 0. The van der Waals surface area contributed by atoms with Crippen LogP contribution in [0.15, 0.2) is 0 Å². The third-order valence-corrected chi connectivity index (χ3v) is 2.21. The molecule has 0 bridgehead atoms. The fourth-order valence-corrected chi connectivity index (χ4v) is 1.43. The van der Waals surface area contributed by atoms with Gasteiger partial charge in [-0.05, 0) is 6.42 Å². The van der Waals surface area contributed by atoms with Crippen LogP contribution in [0.2, 0.25) is 0 Å². The van der Waals surface area contributed by atoms with Crippen molar-refractivity contribution in [2.45, 2.75) is 45.7 Å². The normalized spacial score (nSPS) is 36.2. The highest BCUT2D eigenvalue weighted by molar-refractivity contribution is 4.78. The van der Waals surface area contributed by atoms with E-state index in [1.165, 1.54) is 0 Å². The minimum atomic E-state index is -0.0523. The van der Waals surface area contributed by atoms with Crippen molar-refractivity contribution in [3.05, 3.63) is 0 Å². The molecule has 1 heterocycles. The van der Waals surface area contributed by atoms with Gasteiger partial charge in [0.2, 0.25) is 0 Å². The zero-order chi connectivity index (χ0) is 9.14. The number of nitrogens with two attached hydrogens (primary N) is 1. The summed E-state index contributed by atoms with van der Waals surface area (Å²) in [4.78, 5) is 0. The number of hydrogen-bond donors (Lipinski definition) is 1. The van der Waals surface area contributed by atoms with Gasteiger partial charge in [0, 0.05) is 12.5 Å². The Hall–Kier alpha value is -0.120. The summed E-state index contributed by atoms with van der Waals surface area (Å²) in [6.45, 7) is 6.84. The molecule has 3 nitrogen and oxygen atoms in total. The second kappa shape index (κ2) is 4.21. The molecule has 0 aromatic rings. The average Bonchev–Trinajstić information content (AvgIpc) is 2.46. The van der Waals surface area contributed by atoms with Crippen molar-refractivity contribution in [1.82, 2.24) is 0 Å². The molecular formula is C9H19NO2. The lowest BCUT2D eigenvalue weighted by Gasteiger charge is -2.13. The van der Waals surface area contributed by atoms with E-state index in [2.05, 4.69) is 20.8 Å². The molecule has 1 aliphatic heterocycles. The summed E-state index contributed by atoms with van der Waals surface area (Å²) in [5, 5.41) is 0. The summed E-state index contributed by atoms with van der Waals surface area (Å²) < 4.78 is 11.3. The molecule has 0 saturated carbocycles. The first kappa shape index (κ1) is 9.96. The Bertz CT molecular complexity index is 126. The van der Waals surface area contributed by atoms with Crippen molar-refractivity contribution in [3.8, 4) is 0 Å². The molecule has 1 aliphatic rings. The van der Waals surface area contributed by atoms with Crippen LogP contribution in [0.3, 0.4) is 0 Å². The lowest BCUT2D eigenvalue weighted by Crippen LogP contribution is -2.30. The fraction of sp³-hybridized carbons (Fsp3) is 1.00. The van der Waals surface area contributed by atoms with Gasteiger partial charge >= 0.3 is 0 Å². The molecule has 3 heteroatoms. The molecule has 0 aromatic heterocycles. The van der Waals surface area contributed by atoms with E-state index in [4.69, 9.17) is 15.2 Å². The second-order valence-corrected chi connectivity index (χ2v) is 3.61. The largest absolute Gasteiger partial charge is 0.346 e. The summed E-state index contributed by atoms with van der Waals surface area (Å²) in [6, 6.07) is 0. The second-order valence-electron chi connectivity index (χ2n) is 3.61. The summed E-state index contributed by atoms with van der Waals surface area (Å²) in [5.74, 6) is 0.413. The SMILES string of the molecule is CC[C@H]1OC(C(C)C)O[C@@H]1CN. The first-order valence-electron chi connectivity index (χ1n) is 4.70. The summed E-state index contributed by atoms with van der Waals surface area (Å²) >= 11 is 0. The van der Waals surface area contributed by atoms with Gasteiger partial charge in [-0.3, -0.25) is 0 Å². The zero-order valence-electron chi connectivity index (χ0n) is 8.12. The van der Waals surface area contributed by atoms with Crippen LogP contribution in [0, 0.1) is 5.92 Å². The van der Waals surface area contributed by atoms with Gasteiger partial charge in [-0.2, -0.15) is 0 Å². The molecule has 3 atom stereocenters. The highest BCUT2D eigenvalue weighted by Gasteiger charge is 2.35. The van der Waals surface area contributed by atoms with Crippen LogP contribution in [-0.2, 0) is 9.47 Å². The number of rotatable bonds is 3. The van der Waals surface area contributed by atoms with Crippen LogP contribution in [0.1, 0.15) is 27.2 Å². The van der Waals surface area contributed by atoms with Gasteiger partial charge in [-0.1, -0.05) is 20.8 Å². The molecule has 0 aromatic carbocycles. The Morgan fingerprint density at radius 2 is 1.83 bits per heavy atom. The minimum absolute atomic E-state index is 0.0523. The Morgan fingerprint density at radius 3 is 2.17 bits per heavy atom. The topological polar surface area (TPSA) is 44.5 Å². The molecule has 0 aliphatic carbocycles. The van der Waals surface area contributed by atoms with Gasteiger partial charge in [0.1, 0.15) is 0 Å². The third-order valence-electron chi connectivity index (χ3n) is 2.21. The van der Waals surface area contributed by atoms with E-state index in [1.807, 2.05) is 0 Å². The van der Waals surface area contributed by atoms with Crippen molar-refractivity contribution >= 4 is 0 Å². The molecule has 1 saturated heterocycles. The van der Waals surface area contributed by atoms with Gasteiger partial charge in [-0.25, -0.2) is 0 Å². The Kier molecular flexibility index (Phi) is 3.50. The van der Waals surface area contributed by atoms with Crippen LogP contribution < -0.4 is 5.73 Å². The Balaban J connectivity index is 2.47. The maximum atomic E-state index is 5.67. The van der Waals surface area contributed by atoms with E-state index < -0.39 is 0 Å². The highest BCUT2D eigenvalue weighted by atomic mass is 16.7. The van der Waals surface area contributed by atoms with E-state index in [1.54, 1.807) is 0 Å².